The Morgan fingerprint density at radius 1 is 1.00 bits per heavy atom. The summed E-state index contributed by atoms with van der Waals surface area (Å²) in [5, 5.41) is 0. The first-order valence-electron chi connectivity index (χ1n) is 6.69. The van der Waals surface area contributed by atoms with Gasteiger partial charge in [0, 0.05) is 11.1 Å². The quantitative estimate of drug-likeness (QED) is 0.792. The summed E-state index contributed by atoms with van der Waals surface area (Å²) in [5.74, 6) is 0.427. The Kier molecular flexibility index (Phi) is 2.35. The first kappa shape index (κ1) is 12.3. The van der Waals surface area contributed by atoms with Gasteiger partial charge in [0.25, 0.3) is 0 Å². The van der Waals surface area contributed by atoms with Gasteiger partial charge in [-0.1, -0.05) is 36.4 Å². The number of benzene rings is 2. The van der Waals surface area contributed by atoms with Crippen LogP contribution in [0.2, 0.25) is 0 Å². The molecule has 1 fully saturated rings. The summed E-state index contributed by atoms with van der Waals surface area (Å²) < 4.78 is 10.7. The highest BCUT2D eigenvalue weighted by Gasteiger charge is 2.69. The lowest BCUT2D eigenvalue weighted by atomic mass is 9.78. The van der Waals surface area contributed by atoms with E-state index in [0.29, 0.717) is 22.4 Å². The Hall–Kier alpha value is -2.46. The molecule has 0 aromatic heterocycles. The third kappa shape index (κ3) is 1.48. The number of methoxy groups -OCH3 is 1. The van der Waals surface area contributed by atoms with Crippen LogP contribution in [0.3, 0.4) is 0 Å². The van der Waals surface area contributed by atoms with E-state index in [9.17, 15) is 9.59 Å². The minimum Gasteiger partial charge on any atom is -0.497 e. The van der Waals surface area contributed by atoms with Crippen LogP contribution in [0.5, 0.6) is 5.75 Å². The summed E-state index contributed by atoms with van der Waals surface area (Å²) >= 11 is 0. The molecule has 2 atom stereocenters. The van der Waals surface area contributed by atoms with Crippen molar-refractivity contribution in [2.75, 3.05) is 7.11 Å². The van der Waals surface area contributed by atoms with Crippen LogP contribution in [0, 0.1) is 0 Å². The van der Waals surface area contributed by atoms with Crippen molar-refractivity contribution in [3.63, 3.8) is 0 Å². The second-order valence-electron chi connectivity index (χ2n) is 5.20. The van der Waals surface area contributed by atoms with Gasteiger partial charge in [-0.25, -0.2) is 0 Å². The Labute approximate surface area is 121 Å². The van der Waals surface area contributed by atoms with Gasteiger partial charge in [-0.05, 0) is 17.7 Å². The molecule has 0 amide bonds. The summed E-state index contributed by atoms with van der Waals surface area (Å²) in [6.45, 7) is 0. The fourth-order valence-corrected chi connectivity index (χ4v) is 2.99. The van der Waals surface area contributed by atoms with Crippen LogP contribution in [0.4, 0.5) is 0 Å². The molecule has 0 saturated carbocycles. The van der Waals surface area contributed by atoms with Gasteiger partial charge in [0.2, 0.25) is 5.78 Å². The molecule has 0 spiro atoms. The van der Waals surface area contributed by atoms with Gasteiger partial charge in [0.05, 0.1) is 7.11 Å². The van der Waals surface area contributed by atoms with Gasteiger partial charge >= 0.3 is 0 Å². The van der Waals surface area contributed by atoms with Crippen molar-refractivity contribution in [2.24, 2.45) is 0 Å². The van der Waals surface area contributed by atoms with E-state index in [1.54, 1.807) is 55.6 Å². The third-order valence-electron chi connectivity index (χ3n) is 4.15. The maximum Gasteiger partial charge on any atom is 0.203 e. The molecule has 104 valence electrons. The zero-order chi connectivity index (χ0) is 14.6. The number of hydrogen-bond acceptors (Lipinski definition) is 4. The van der Waals surface area contributed by atoms with Crippen molar-refractivity contribution in [3.8, 4) is 5.75 Å². The van der Waals surface area contributed by atoms with Crippen molar-refractivity contribution in [2.45, 2.75) is 11.7 Å². The molecule has 2 aliphatic rings. The van der Waals surface area contributed by atoms with Gasteiger partial charge in [-0.15, -0.1) is 0 Å². The highest BCUT2D eigenvalue weighted by Crippen LogP contribution is 2.53. The highest BCUT2D eigenvalue weighted by molar-refractivity contribution is 6.23. The normalized spacial score (nSPS) is 26.0. The van der Waals surface area contributed by atoms with E-state index < -0.39 is 11.7 Å². The smallest absolute Gasteiger partial charge is 0.203 e. The van der Waals surface area contributed by atoms with E-state index in [2.05, 4.69) is 0 Å². The lowest BCUT2D eigenvalue weighted by Crippen LogP contribution is -2.34. The standard InChI is InChI=1S/C17H12O4/c1-20-11-8-6-10(7-9-11)17-15(19)13-5-3-2-4-12(13)14(18)16(17)21-17/h2-9,16H,1H3. The van der Waals surface area contributed by atoms with Crippen LogP contribution in [-0.2, 0) is 10.3 Å². The number of epoxide rings is 1. The minimum absolute atomic E-state index is 0.124. The third-order valence-corrected chi connectivity index (χ3v) is 4.15. The molecular weight excluding hydrogens is 268 g/mol. The molecule has 0 N–H and O–H groups in total. The van der Waals surface area contributed by atoms with Crippen LogP contribution >= 0.6 is 0 Å². The van der Waals surface area contributed by atoms with E-state index in [-0.39, 0.29) is 11.6 Å². The number of fused-ring (bicyclic) bond motifs is 2. The van der Waals surface area contributed by atoms with Crippen LogP contribution in [0.1, 0.15) is 26.3 Å². The van der Waals surface area contributed by atoms with Crippen molar-refractivity contribution >= 4 is 11.6 Å². The van der Waals surface area contributed by atoms with E-state index >= 15 is 0 Å². The molecule has 4 rings (SSSR count). The number of ketones is 2. The molecule has 2 aromatic rings. The highest BCUT2D eigenvalue weighted by atomic mass is 16.6. The fraction of sp³-hybridized carbons (Fsp3) is 0.176. The summed E-state index contributed by atoms with van der Waals surface area (Å²) in [6, 6.07) is 14.0. The van der Waals surface area contributed by atoms with Crippen molar-refractivity contribution in [1.29, 1.82) is 0 Å². The van der Waals surface area contributed by atoms with Crippen LogP contribution in [-0.4, -0.2) is 24.8 Å². The molecule has 0 bridgehead atoms. The molecule has 1 heterocycles. The second-order valence-corrected chi connectivity index (χ2v) is 5.20. The van der Waals surface area contributed by atoms with Crippen molar-refractivity contribution < 1.29 is 19.1 Å². The second kappa shape index (κ2) is 4.02. The van der Waals surface area contributed by atoms with Gasteiger partial charge in [0.15, 0.2) is 17.5 Å². The van der Waals surface area contributed by atoms with Gasteiger partial charge < -0.3 is 9.47 Å². The number of carbonyl (C=O) groups excluding carboxylic acids is 2. The molecule has 1 aliphatic carbocycles. The average Bonchev–Trinajstić information content (AvgIpc) is 3.30. The monoisotopic (exact) mass is 280 g/mol. The molecule has 4 heteroatoms. The summed E-state index contributed by atoms with van der Waals surface area (Å²) in [6.07, 6.45) is -0.701. The number of carbonyl (C=O) groups is 2. The molecule has 4 nitrogen and oxygen atoms in total. The Bertz CT molecular complexity index is 763. The van der Waals surface area contributed by atoms with Crippen LogP contribution < -0.4 is 4.74 Å². The Balaban J connectivity index is 1.84. The zero-order valence-corrected chi connectivity index (χ0v) is 11.3. The maximum absolute atomic E-state index is 12.8. The molecule has 0 radical (unpaired) electrons. The first-order chi connectivity index (χ1) is 10.2. The van der Waals surface area contributed by atoms with Crippen LogP contribution in [0.15, 0.2) is 48.5 Å². The summed E-state index contributed by atoms with van der Waals surface area (Å²) in [4.78, 5) is 25.2. The maximum atomic E-state index is 12.8. The molecule has 1 aliphatic heterocycles. The van der Waals surface area contributed by atoms with Gasteiger partial charge in [0.1, 0.15) is 5.75 Å². The summed E-state index contributed by atoms with van der Waals surface area (Å²) in [7, 11) is 1.58. The summed E-state index contributed by atoms with van der Waals surface area (Å²) in [5.41, 5.74) is 0.444. The predicted molar refractivity (Wildman–Crippen MR) is 74.6 cm³/mol. The van der Waals surface area contributed by atoms with Crippen molar-refractivity contribution in [1.82, 2.24) is 0 Å². The molecular formula is C17H12O4. The Morgan fingerprint density at radius 2 is 1.67 bits per heavy atom. The van der Waals surface area contributed by atoms with Crippen LogP contribution in [0.25, 0.3) is 0 Å². The van der Waals surface area contributed by atoms with E-state index in [1.807, 2.05) is 0 Å². The lowest BCUT2D eigenvalue weighted by Gasteiger charge is -2.18. The van der Waals surface area contributed by atoms with E-state index in [0.717, 1.165) is 0 Å². The number of ether oxygens (including phenoxy) is 2. The first-order valence-corrected chi connectivity index (χ1v) is 6.69. The number of hydrogen-bond donors (Lipinski definition) is 0. The minimum atomic E-state index is -1.14. The average molecular weight is 280 g/mol. The fourth-order valence-electron chi connectivity index (χ4n) is 2.99. The molecule has 21 heavy (non-hydrogen) atoms. The number of rotatable bonds is 2. The molecule has 2 unspecified atom stereocenters. The topological polar surface area (TPSA) is 55.9 Å². The molecule has 2 aromatic carbocycles. The predicted octanol–water partition coefficient (Wildman–Crippen LogP) is 2.37. The van der Waals surface area contributed by atoms with E-state index in [4.69, 9.17) is 9.47 Å². The molecule has 1 saturated heterocycles. The largest absolute Gasteiger partial charge is 0.497 e. The zero-order valence-electron chi connectivity index (χ0n) is 11.3. The van der Waals surface area contributed by atoms with Crippen molar-refractivity contribution in [3.05, 3.63) is 65.2 Å². The lowest BCUT2D eigenvalue weighted by molar-refractivity contribution is 0.0859. The number of Topliss-reactive ketones (excluding diaryl/α,β-unsaturated/α-hetero) is 2. The van der Waals surface area contributed by atoms with Gasteiger partial charge in [-0.3, -0.25) is 9.59 Å². The van der Waals surface area contributed by atoms with E-state index in [1.165, 1.54) is 0 Å². The Morgan fingerprint density at radius 3 is 2.33 bits per heavy atom. The van der Waals surface area contributed by atoms with Gasteiger partial charge in [-0.2, -0.15) is 0 Å². The SMILES string of the molecule is COc1ccc(C23OC2C(=O)c2ccccc2C3=O)cc1.